The summed E-state index contributed by atoms with van der Waals surface area (Å²) in [4.78, 5) is 2.33. The predicted molar refractivity (Wildman–Crippen MR) is 77.5 cm³/mol. The summed E-state index contributed by atoms with van der Waals surface area (Å²) >= 11 is 0. The highest BCUT2D eigenvalue weighted by atomic mass is 19.1. The van der Waals surface area contributed by atoms with Crippen LogP contribution in [0.5, 0.6) is 5.75 Å². The van der Waals surface area contributed by atoms with Gasteiger partial charge in [0.25, 0.3) is 0 Å². The van der Waals surface area contributed by atoms with Gasteiger partial charge in [-0.1, -0.05) is 13.0 Å². The minimum absolute atomic E-state index is 0.179. The van der Waals surface area contributed by atoms with Crippen LogP contribution in [0.2, 0.25) is 0 Å². The number of halogens is 1. The normalized spacial score (nSPS) is 33.2. The summed E-state index contributed by atoms with van der Waals surface area (Å²) in [5.74, 6) is 0.486. The number of hydrogen-bond donors (Lipinski definition) is 1. The van der Waals surface area contributed by atoms with Crippen LogP contribution in [0.25, 0.3) is 0 Å². The smallest absolute Gasteiger partial charge is 0.127 e. The van der Waals surface area contributed by atoms with E-state index in [1.807, 2.05) is 6.07 Å². The van der Waals surface area contributed by atoms with Gasteiger partial charge in [-0.15, -0.1) is 0 Å². The molecule has 1 N–H and O–H groups in total. The summed E-state index contributed by atoms with van der Waals surface area (Å²) in [6.07, 6.45) is 1.95. The number of ether oxygens (including phenoxy) is 1. The monoisotopic (exact) mass is 278 g/mol. The Labute approximate surface area is 120 Å². The molecule has 3 nitrogen and oxygen atoms in total. The molecule has 20 heavy (non-hydrogen) atoms. The number of likely N-dealkylation sites (N-methyl/N-ethyl adjacent to an activating group) is 1. The minimum atomic E-state index is -0.226. The van der Waals surface area contributed by atoms with Crippen molar-refractivity contribution in [2.45, 2.75) is 44.4 Å². The van der Waals surface area contributed by atoms with Crippen molar-refractivity contribution in [1.29, 1.82) is 0 Å². The van der Waals surface area contributed by atoms with Gasteiger partial charge in [0.05, 0.1) is 0 Å². The Bertz CT molecular complexity index is 495. The zero-order valence-electron chi connectivity index (χ0n) is 12.4. The molecule has 3 atom stereocenters. The molecule has 0 radical (unpaired) electrons. The molecule has 0 aromatic heterocycles. The molecular weight excluding hydrogens is 255 g/mol. The molecule has 2 heterocycles. The van der Waals surface area contributed by atoms with E-state index < -0.39 is 0 Å². The molecule has 0 amide bonds. The van der Waals surface area contributed by atoms with Crippen molar-refractivity contribution in [3.8, 4) is 5.75 Å². The Kier molecular flexibility index (Phi) is 3.46. The van der Waals surface area contributed by atoms with E-state index in [1.165, 1.54) is 12.1 Å². The first-order chi connectivity index (χ1) is 9.53. The topological polar surface area (TPSA) is 24.5 Å². The van der Waals surface area contributed by atoms with Crippen LogP contribution in [-0.4, -0.2) is 36.7 Å². The third-order valence-corrected chi connectivity index (χ3v) is 4.66. The molecule has 1 fully saturated rings. The van der Waals surface area contributed by atoms with Gasteiger partial charge in [0, 0.05) is 43.1 Å². The minimum Gasteiger partial charge on any atom is -0.485 e. The van der Waals surface area contributed by atoms with Crippen LogP contribution < -0.4 is 10.1 Å². The van der Waals surface area contributed by atoms with E-state index in [0.29, 0.717) is 11.8 Å². The fraction of sp³-hybridized carbons (Fsp3) is 0.625. The van der Waals surface area contributed by atoms with Crippen LogP contribution in [0.15, 0.2) is 18.2 Å². The third-order valence-electron chi connectivity index (χ3n) is 4.66. The highest BCUT2D eigenvalue weighted by Gasteiger charge is 2.47. The molecule has 1 aromatic rings. The van der Waals surface area contributed by atoms with Crippen molar-refractivity contribution in [3.63, 3.8) is 0 Å². The molecular formula is C16H23FN2O. The number of benzene rings is 1. The van der Waals surface area contributed by atoms with Gasteiger partial charge < -0.3 is 10.1 Å². The second kappa shape index (κ2) is 5.01. The summed E-state index contributed by atoms with van der Waals surface area (Å²) in [6.45, 7) is 6.14. The second-order valence-corrected chi connectivity index (χ2v) is 6.25. The number of nitrogens with one attached hydrogen (secondary N) is 1. The average molecular weight is 278 g/mol. The van der Waals surface area contributed by atoms with Crippen LogP contribution in [0.1, 0.15) is 38.3 Å². The van der Waals surface area contributed by atoms with E-state index in [1.54, 1.807) is 0 Å². The maximum Gasteiger partial charge on any atom is 0.127 e. The number of likely N-dealkylation sites (tertiary alicyclic amines) is 1. The lowest BCUT2D eigenvalue weighted by molar-refractivity contribution is 0.0404. The lowest BCUT2D eigenvalue weighted by Crippen LogP contribution is -2.46. The number of rotatable bonds is 2. The van der Waals surface area contributed by atoms with E-state index in [0.717, 1.165) is 31.5 Å². The van der Waals surface area contributed by atoms with Gasteiger partial charge in [-0.05, 0) is 26.6 Å². The first kappa shape index (κ1) is 13.8. The van der Waals surface area contributed by atoms with Crippen molar-refractivity contribution >= 4 is 0 Å². The van der Waals surface area contributed by atoms with Gasteiger partial charge in [-0.25, -0.2) is 4.39 Å². The molecule has 0 aliphatic carbocycles. The molecule has 0 saturated carbocycles. The van der Waals surface area contributed by atoms with Gasteiger partial charge in [0.2, 0.25) is 0 Å². The molecule has 1 spiro atoms. The van der Waals surface area contributed by atoms with Gasteiger partial charge in [-0.2, -0.15) is 0 Å². The van der Waals surface area contributed by atoms with Gasteiger partial charge in [0.15, 0.2) is 0 Å². The molecule has 1 saturated heterocycles. The van der Waals surface area contributed by atoms with Crippen LogP contribution in [0.4, 0.5) is 4.39 Å². The van der Waals surface area contributed by atoms with Crippen LogP contribution >= 0.6 is 0 Å². The van der Waals surface area contributed by atoms with E-state index in [-0.39, 0.29) is 17.5 Å². The maximum atomic E-state index is 13.5. The summed E-state index contributed by atoms with van der Waals surface area (Å²) < 4.78 is 19.8. The highest BCUT2D eigenvalue weighted by Crippen LogP contribution is 2.45. The lowest BCUT2D eigenvalue weighted by Gasteiger charge is -2.40. The second-order valence-electron chi connectivity index (χ2n) is 6.25. The zero-order valence-corrected chi connectivity index (χ0v) is 12.4. The quantitative estimate of drug-likeness (QED) is 0.900. The van der Waals surface area contributed by atoms with Crippen molar-refractivity contribution in [1.82, 2.24) is 10.2 Å². The fourth-order valence-electron chi connectivity index (χ4n) is 3.66. The maximum absolute atomic E-state index is 13.5. The van der Waals surface area contributed by atoms with E-state index in [9.17, 15) is 4.39 Å². The lowest BCUT2D eigenvalue weighted by atomic mass is 9.85. The molecule has 4 heteroatoms. The molecule has 1 aromatic carbocycles. The Morgan fingerprint density at radius 2 is 2.25 bits per heavy atom. The zero-order chi connectivity index (χ0) is 14.3. The van der Waals surface area contributed by atoms with Crippen LogP contribution in [0.3, 0.4) is 0 Å². The fourth-order valence-corrected chi connectivity index (χ4v) is 3.66. The Hall–Kier alpha value is -1.13. The standard InChI is InChI=1S/C16H23FN2O/c1-4-18-14-9-16(8-11(2)19(3)10-16)20-15-7-12(17)5-6-13(14)15/h5-7,11,14,18H,4,8-10H2,1-3H3. The largest absolute Gasteiger partial charge is 0.485 e. The highest BCUT2D eigenvalue weighted by molar-refractivity contribution is 5.40. The van der Waals surface area contributed by atoms with E-state index >= 15 is 0 Å². The van der Waals surface area contributed by atoms with Crippen LogP contribution in [0, 0.1) is 5.82 Å². The summed E-state index contributed by atoms with van der Waals surface area (Å²) in [6, 6.07) is 5.67. The van der Waals surface area contributed by atoms with E-state index in [2.05, 4.69) is 31.1 Å². The van der Waals surface area contributed by atoms with Crippen molar-refractivity contribution in [2.75, 3.05) is 20.1 Å². The van der Waals surface area contributed by atoms with Gasteiger partial charge in [0.1, 0.15) is 17.2 Å². The SMILES string of the molecule is CCNC1CC2(CC(C)N(C)C2)Oc2cc(F)ccc21. The van der Waals surface area contributed by atoms with Crippen LogP contribution in [-0.2, 0) is 0 Å². The average Bonchev–Trinajstić information content (AvgIpc) is 2.63. The summed E-state index contributed by atoms with van der Waals surface area (Å²) in [5, 5.41) is 3.52. The van der Waals surface area contributed by atoms with Crippen molar-refractivity contribution < 1.29 is 9.13 Å². The van der Waals surface area contributed by atoms with Crippen molar-refractivity contribution in [2.24, 2.45) is 0 Å². The molecule has 110 valence electrons. The number of nitrogens with zero attached hydrogens (tertiary/aromatic N) is 1. The Morgan fingerprint density at radius 1 is 1.45 bits per heavy atom. The predicted octanol–water partition coefficient (Wildman–Crippen LogP) is 2.72. The number of fused-ring (bicyclic) bond motifs is 1. The summed E-state index contributed by atoms with van der Waals surface area (Å²) in [7, 11) is 2.13. The third kappa shape index (κ3) is 2.31. The Balaban J connectivity index is 1.96. The molecule has 3 unspecified atom stereocenters. The Morgan fingerprint density at radius 3 is 2.90 bits per heavy atom. The molecule has 2 aliphatic rings. The van der Waals surface area contributed by atoms with Crippen molar-refractivity contribution in [3.05, 3.63) is 29.6 Å². The first-order valence-electron chi connectivity index (χ1n) is 7.45. The molecule has 0 bridgehead atoms. The first-order valence-corrected chi connectivity index (χ1v) is 7.45. The molecule has 2 aliphatic heterocycles. The van der Waals surface area contributed by atoms with Gasteiger partial charge >= 0.3 is 0 Å². The van der Waals surface area contributed by atoms with E-state index in [4.69, 9.17) is 4.74 Å². The molecule has 3 rings (SSSR count). The van der Waals surface area contributed by atoms with Gasteiger partial charge in [-0.3, -0.25) is 4.90 Å². The summed E-state index contributed by atoms with van der Waals surface area (Å²) in [5.41, 5.74) is 0.906. The number of hydrogen-bond acceptors (Lipinski definition) is 3.